The van der Waals surface area contributed by atoms with Crippen molar-refractivity contribution in [3.63, 3.8) is 0 Å². The van der Waals surface area contributed by atoms with Crippen LogP contribution in [0.15, 0.2) is 0 Å². The van der Waals surface area contributed by atoms with E-state index in [1.807, 2.05) is 6.92 Å². The number of fused-ring (bicyclic) bond motifs is 2. The van der Waals surface area contributed by atoms with E-state index in [1.54, 1.807) is 0 Å². The van der Waals surface area contributed by atoms with Gasteiger partial charge in [0, 0.05) is 6.04 Å². The summed E-state index contributed by atoms with van der Waals surface area (Å²) in [6, 6.07) is 0.0502. The molecule has 2 aliphatic carbocycles. The lowest BCUT2D eigenvalue weighted by Crippen LogP contribution is -2.45. The Hall–Kier alpha value is -0.610. The quantitative estimate of drug-likeness (QED) is 0.646. The molecule has 4 nitrogen and oxygen atoms in total. The van der Waals surface area contributed by atoms with Gasteiger partial charge in [0.2, 0.25) is 5.91 Å². The average Bonchev–Trinajstić information content (AvgIpc) is 2.74. The molecule has 2 aliphatic rings. The number of amides is 1. The third-order valence-electron chi connectivity index (χ3n) is 3.60. The highest BCUT2D eigenvalue weighted by Crippen LogP contribution is 2.47. The molecule has 2 bridgehead atoms. The lowest BCUT2D eigenvalue weighted by Gasteiger charge is -2.26. The molecular weight excluding hydrogens is 180 g/mol. The van der Waals surface area contributed by atoms with Crippen LogP contribution in [0, 0.1) is 17.8 Å². The molecule has 14 heavy (non-hydrogen) atoms. The van der Waals surface area contributed by atoms with Crippen LogP contribution < -0.4 is 11.2 Å². The Morgan fingerprint density at radius 3 is 2.79 bits per heavy atom. The van der Waals surface area contributed by atoms with Crippen LogP contribution in [0.5, 0.6) is 0 Å². The fourth-order valence-corrected chi connectivity index (χ4v) is 2.94. The van der Waals surface area contributed by atoms with Gasteiger partial charge in [-0.25, -0.2) is 5.48 Å². The molecule has 2 saturated carbocycles. The molecule has 3 N–H and O–H groups in total. The second-order valence-corrected chi connectivity index (χ2v) is 4.34. The van der Waals surface area contributed by atoms with E-state index in [9.17, 15) is 4.79 Å². The maximum Gasteiger partial charge on any atom is 0.248 e. The van der Waals surface area contributed by atoms with Gasteiger partial charge < -0.3 is 5.73 Å². The van der Waals surface area contributed by atoms with Gasteiger partial charge in [-0.15, -0.1) is 0 Å². The SMILES string of the molecule is CCONC(=O)C1C2CCC(C2)C1N. The first-order valence-electron chi connectivity index (χ1n) is 5.41. The van der Waals surface area contributed by atoms with Crippen molar-refractivity contribution in [3.8, 4) is 0 Å². The summed E-state index contributed by atoms with van der Waals surface area (Å²) in [4.78, 5) is 16.6. The molecule has 2 fully saturated rings. The van der Waals surface area contributed by atoms with Gasteiger partial charge >= 0.3 is 0 Å². The van der Waals surface area contributed by atoms with E-state index in [0.29, 0.717) is 18.4 Å². The molecule has 4 atom stereocenters. The van der Waals surface area contributed by atoms with Crippen molar-refractivity contribution >= 4 is 5.91 Å². The lowest BCUT2D eigenvalue weighted by molar-refractivity contribution is -0.139. The van der Waals surface area contributed by atoms with Gasteiger partial charge in [-0.05, 0) is 38.0 Å². The zero-order chi connectivity index (χ0) is 10.1. The highest BCUT2D eigenvalue weighted by molar-refractivity contribution is 5.79. The van der Waals surface area contributed by atoms with Crippen molar-refractivity contribution in [1.29, 1.82) is 0 Å². The van der Waals surface area contributed by atoms with Gasteiger partial charge in [0.1, 0.15) is 0 Å². The van der Waals surface area contributed by atoms with Crippen molar-refractivity contribution in [2.45, 2.75) is 32.2 Å². The van der Waals surface area contributed by atoms with Gasteiger partial charge in [-0.2, -0.15) is 0 Å². The van der Waals surface area contributed by atoms with E-state index in [-0.39, 0.29) is 17.9 Å². The second-order valence-electron chi connectivity index (χ2n) is 4.34. The highest BCUT2D eigenvalue weighted by atomic mass is 16.6. The van der Waals surface area contributed by atoms with Crippen molar-refractivity contribution in [2.75, 3.05) is 6.61 Å². The van der Waals surface area contributed by atoms with E-state index in [0.717, 1.165) is 12.8 Å². The van der Waals surface area contributed by atoms with Gasteiger partial charge in [0.15, 0.2) is 0 Å². The van der Waals surface area contributed by atoms with Crippen molar-refractivity contribution < 1.29 is 9.63 Å². The number of carbonyl (C=O) groups excluding carboxylic acids is 1. The summed E-state index contributed by atoms with van der Waals surface area (Å²) < 4.78 is 0. The van der Waals surface area contributed by atoms with Gasteiger partial charge in [-0.1, -0.05) is 0 Å². The molecule has 0 heterocycles. The minimum Gasteiger partial charge on any atom is -0.327 e. The Labute approximate surface area is 84.1 Å². The van der Waals surface area contributed by atoms with E-state index in [1.165, 1.54) is 6.42 Å². The first kappa shape index (κ1) is 9.93. The predicted octanol–water partition coefficient (Wildman–Crippen LogP) is 0.427. The fraction of sp³-hybridized carbons (Fsp3) is 0.900. The van der Waals surface area contributed by atoms with Gasteiger partial charge in [-0.3, -0.25) is 9.63 Å². The van der Waals surface area contributed by atoms with Crippen LogP contribution in [0.3, 0.4) is 0 Å². The fourth-order valence-electron chi connectivity index (χ4n) is 2.94. The summed E-state index contributed by atoms with van der Waals surface area (Å²) in [6.07, 6.45) is 3.48. The molecule has 4 unspecified atom stereocenters. The Morgan fingerprint density at radius 2 is 2.21 bits per heavy atom. The zero-order valence-electron chi connectivity index (χ0n) is 8.53. The maximum atomic E-state index is 11.7. The summed E-state index contributed by atoms with van der Waals surface area (Å²) >= 11 is 0. The van der Waals surface area contributed by atoms with Crippen LogP contribution >= 0.6 is 0 Å². The summed E-state index contributed by atoms with van der Waals surface area (Å²) in [5.74, 6) is 1.03. The largest absolute Gasteiger partial charge is 0.327 e. The Morgan fingerprint density at radius 1 is 1.50 bits per heavy atom. The average molecular weight is 198 g/mol. The van der Waals surface area contributed by atoms with E-state index in [2.05, 4.69) is 5.48 Å². The van der Waals surface area contributed by atoms with Gasteiger partial charge in [0.05, 0.1) is 12.5 Å². The Kier molecular flexibility index (Phi) is 2.74. The summed E-state index contributed by atoms with van der Waals surface area (Å²) in [7, 11) is 0. The standard InChI is InChI=1S/C10H18N2O2/c1-2-14-12-10(13)8-6-3-4-7(5-6)9(8)11/h6-9H,2-5,11H2,1H3,(H,12,13). The number of carbonyl (C=O) groups is 1. The number of hydrogen-bond acceptors (Lipinski definition) is 3. The van der Waals surface area contributed by atoms with Crippen LogP contribution in [-0.2, 0) is 9.63 Å². The minimum absolute atomic E-state index is 0.0136. The first-order valence-corrected chi connectivity index (χ1v) is 5.41. The second kappa shape index (κ2) is 3.87. The molecular formula is C10H18N2O2. The molecule has 4 heteroatoms. The van der Waals surface area contributed by atoms with Crippen LogP contribution in [0.4, 0.5) is 0 Å². The molecule has 0 saturated heterocycles. The monoisotopic (exact) mass is 198 g/mol. The maximum absolute atomic E-state index is 11.7. The van der Waals surface area contributed by atoms with Crippen LogP contribution in [0.25, 0.3) is 0 Å². The molecule has 0 radical (unpaired) electrons. The molecule has 0 aromatic carbocycles. The van der Waals surface area contributed by atoms with E-state index >= 15 is 0 Å². The summed E-state index contributed by atoms with van der Waals surface area (Å²) in [5.41, 5.74) is 8.49. The summed E-state index contributed by atoms with van der Waals surface area (Å²) in [5, 5.41) is 0. The summed E-state index contributed by atoms with van der Waals surface area (Å²) in [6.45, 7) is 2.35. The topological polar surface area (TPSA) is 64.3 Å². The zero-order valence-corrected chi connectivity index (χ0v) is 8.53. The van der Waals surface area contributed by atoms with Crippen LogP contribution in [-0.4, -0.2) is 18.6 Å². The molecule has 0 aromatic heterocycles. The normalized spacial score (nSPS) is 40.1. The minimum atomic E-state index is -0.0217. The first-order chi connectivity index (χ1) is 6.74. The van der Waals surface area contributed by atoms with E-state index in [4.69, 9.17) is 10.6 Å². The third kappa shape index (κ3) is 1.53. The van der Waals surface area contributed by atoms with Crippen LogP contribution in [0.1, 0.15) is 26.2 Å². The third-order valence-corrected chi connectivity index (χ3v) is 3.60. The molecule has 0 aromatic rings. The molecule has 0 spiro atoms. The molecule has 80 valence electrons. The van der Waals surface area contributed by atoms with E-state index < -0.39 is 0 Å². The molecule has 0 aliphatic heterocycles. The number of nitrogens with two attached hydrogens (primary N) is 1. The molecule has 1 amide bonds. The number of nitrogens with one attached hydrogen (secondary N) is 1. The predicted molar refractivity (Wildman–Crippen MR) is 52.1 cm³/mol. The molecule has 2 rings (SSSR count). The van der Waals surface area contributed by atoms with Gasteiger partial charge in [0.25, 0.3) is 0 Å². The Bertz CT molecular complexity index is 230. The number of hydroxylamine groups is 1. The smallest absolute Gasteiger partial charge is 0.248 e. The number of hydrogen-bond donors (Lipinski definition) is 2. The number of rotatable bonds is 3. The Balaban J connectivity index is 1.94. The van der Waals surface area contributed by atoms with Crippen molar-refractivity contribution in [2.24, 2.45) is 23.5 Å². The highest BCUT2D eigenvalue weighted by Gasteiger charge is 2.49. The van der Waals surface area contributed by atoms with Crippen molar-refractivity contribution in [1.82, 2.24) is 5.48 Å². The van der Waals surface area contributed by atoms with Crippen molar-refractivity contribution in [3.05, 3.63) is 0 Å². The van der Waals surface area contributed by atoms with Crippen LogP contribution in [0.2, 0.25) is 0 Å². The lowest BCUT2D eigenvalue weighted by atomic mass is 9.84.